The maximum atomic E-state index is 12.2. The Morgan fingerprint density at radius 1 is 1.04 bits per heavy atom. The SMILES string of the molecule is O=Cc1ccccc1-c1cnn(-c2ccc(OC(F)(F)F)cc2)c1. The molecule has 0 aliphatic carbocycles. The fraction of sp³-hybridized carbons (Fsp3) is 0.0588. The topological polar surface area (TPSA) is 44.1 Å². The van der Waals surface area contributed by atoms with Crippen LogP contribution in [-0.4, -0.2) is 22.4 Å². The minimum Gasteiger partial charge on any atom is -0.406 e. The lowest BCUT2D eigenvalue weighted by Crippen LogP contribution is -2.17. The average Bonchev–Trinajstić information content (AvgIpc) is 3.04. The lowest BCUT2D eigenvalue weighted by atomic mass is 10.0. The highest BCUT2D eigenvalue weighted by Gasteiger charge is 2.30. The zero-order chi connectivity index (χ0) is 17.2. The summed E-state index contributed by atoms with van der Waals surface area (Å²) in [6, 6.07) is 12.4. The molecule has 3 aromatic rings. The number of hydrogen-bond acceptors (Lipinski definition) is 3. The number of benzene rings is 2. The van der Waals surface area contributed by atoms with Crippen LogP contribution in [0.15, 0.2) is 60.9 Å². The molecule has 0 fully saturated rings. The number of alkyl halides is 3. The molecule has 0 amide bonds. The van der Waals surface area contributed by atoms with Gasteiger partial charge in [0.25, 0.3) is 0 Å². The van der Waals surface area contributed by atoms with Crippen molar-refractivity contribution in [3.8, 4) is 22.6 Å². The van der Waals surface area contributed by atoms with Gasteiger partial charge in [-0.05, 0) is 29.8 Å². The normalized spacial score (nSPS) is 11.3. The zero-order valence-electron chi connectivity index (χ0n) is 12.2. The second-order valence-electron chi connectivity index (χ2n) is 4.92. The van der Waals surface area contributed by atoms with Crippen LogP contribution in [0.1, 0.15) is 10.4 Å². The van der Waals surface area contributed by atoms with Crippen molar-refractivity contribution in [3.63, 3.8) is 0 Å². The van der Waals surface area contributed by atoms with Crippen molar-refractivity contribution in [3.05, 3.63) is 66.5 Å². The lowest BCUT2D eigenvalue weighted by molar-refractivity contribution is -0.274. The number of carbonyl (C=O) groups excluding carboxylic acids is 1. The van der Waals surface area contributed by atoms with E-state index in [1.54, 1.807) is 30.6 Å². The van der Waals surface area contributed by atoms with E-state index in [0.29, 0.717) is 11.3 Å². The van der Waals surface area contributed by atoms with E-state index in [2.05, 4.69) is 9.84 Å². The highest BCUT2D eigenvalue weighted by Crippen LogP contribution is 2.25. The molecule has 0 saturated heterocycles. The van der Waals surface area contributed by atoms with Crippen LogP contribution in [-0.2, 0) is 0 Å². The van der Waals surface area contributed by atoms with E-state index < -0.39 is 6.36 Å². The molecule has 4 nitrogen and oxygen atoms in total. The Labute approximate surface area is 135 Å². The molecule has 0 N–H and O–H groups in total. The number of rotatable bonds is 4. The van der Waals surface area contributed by atoms with E-state index in [0.717, 1.165) is 17.4 Å². The van der Waals surface area contributed by atoms with E-state index in [1.807, 2.05) is 6.07 Å². The second-order valence-corrected chi connectivity index (χ2v) is 4.92. The predicted molar refractivity (Wildman–Crippen MR) is 81.1 cm³/mol. The molecule has 0 unspecified atom stereocenters. The summed E-state index contributed by atoms with van der Waals surface area (Å²) in [5.74, 6) is -0.301. The van der Waals surface area contributed by atoms with Gasteiger partial charge in [0.1, 0.15) is 5.75 Å². The van der Waals surface area contributed by atoms with Crippen LogP contribution in [0.2, 0.25) is 0 Å². The van der Waals surface area contributed by atoms with Crippen LogP contribution >= 0.6 is 0 Å². The molecular formula is C17H11F3N2O2. The highest BCUT2D eigenvalue weighted by molar-refractivity contribution is 5.87. The highest BCUT2D eigenvalue weighted by atomic mass is 19.4. The quantitative estimate of drug-likeness (QED) is 0.671. The van der Waals surface area contributed by atoms with Crippen molar-refractivity contribution in [1.82, 2.24) is 9.78 Å². The van der Waals surface area contributed by atoms with Gasteiger partial charge >= 0.3 is 6.36 Å². The van der Waals surface area contributed by atoms with Gasteiger partial charge in [-0.1, -0.05) is 24.3 Å². The Kier molecular flexibility index (Phi) is 4.07. The second kappa shape index (κ2) is 6.19. The first-order chi connectivity index (χ1) is 11.5. The van der Waals surface area contributed by atoms with Gasteiger partial charge in [-0.15, -0.1) is 13.2 Å². The first-order valence-corrected chi connectivity index (χ1v) is 6.92. The molecule has 1 heterocycles. The molecule has 7 heteroatoms. The zero-order valence-corrected chi connectivity index (χ0v) is 12.2. The van der Waals surface area contributed by atoms with Crippen molar-refractivity contribution < 1.29 is 22.7 Å². The third-order valence-corrected chi connectivity index (χ3v) is 3.32. The van der Waals surface area contributed by atoms with E-state index in [4.69, 9.17) is 0 Å². The summed E-state index contributed by atoms with van der Waals surface area (Å²) in [5.41, 5.74) is 2.56. The number of aldehydes is 1. The fourth-order valence-electron chi connectivity index (χ4n) is 2.27. The van der Waals surface area contributed by atoms with Crippen LogP contribution in [0.25, 0.3) is 16.8 Å². The van der Waals surface area contributed by atoms with Crippen LogP contribution in [0, 0.1) is 0 Å². The van der Waals surface area contributed by atoms with E-state index in [1.165, 1.54) is 28.9 Å². The number of nitrogens with zero attached hydrogens (tertiary/aromatic N) is 2. The Morgan fingerprint density at radius 3 is 2.42 bits per heavy atom. The van der Waals surface area contributed by atoms with Crippen LogP contribution in [0.5, 0.6) is 5.75 Å². The number of aromatic nitrogens is 2. The van der Waals surface area contributed by atoms with Gasteiger partial charge in [0.15, 0.2) is 6.29 Å². The van der Waals surface area contributed by atoms with Crippen LogP contribution in [0.4, 0.5) is 13.2 Å². The Morgan fingerprint density at radius 2 is 1.75 bits per heavy atom. The monoisotopic (exact) mass is 332 g/mol. The van der Waals surface area contributed by atoms with Gasteiger partial charge in [0.05, 0.1) is 11.9 Å². The molecule has 0 aliphatic rings. The summed E-state index contributed by atoms with van der Waals surface area (Å²) in [5, 5.41) is 4.18. The molecular weight excluding hydrogens is 321 g/mol. The minimum atomic E-state index is -4.72. The van der Waals surface area contributed by atoms with Crippen molar-refractivity contribution in [2.75, 3.05) is 0 Å². The van der Waals surface area contributed by atoms with Crippen LogP contribution in [0.3, 0.4) is 0 Å². The summed E-state index contributed by atoms with van der Waals surface area (Å²) < 4.78 is 41.8. The minimum absolute atomic E-state index is 0.301. The molecule has 2 aromatic carbocycles. The third kappa shape index (κ3) is 3.45. The molecule has 0 atom stereocenters. The van der Waals surface area contributed by atoms with E-state index in [-0.39, 0.29) is 5.75 Å². The standard InChI is InChI=1S/C17H11F3N2O2/c18-17(19,20)24-15-7-5-14(6-8-15)22-10-13(9-21-22)16-4-2-1-3-12(16)11-23/h1-11H. The van der Waals surface area contributed by atoms with Gasteiger partial charge in [-0.3, -0.25) is 4.79 Å². The summed E-state index contributed by atoms with van der Waals surface area (Å²) in [4.78, 5) is 11.1. The molecule has 0 saturated carbocycles. The summed E-state index contributed by atoms with van der Waals surface area (Å²) in [6.45, 7) is 0. The van der Waals surface area contributed by atoms with Crippen LogP contribution < -0.4 is 4.74 Å². The molecule has 0 radical (unpaired) electrons. The summed E-state index contributed by atoms with van der Waals surface area (Å²) in [7, 11) is 0. The molecule has 3 rings (SSSR count). The first kappa shape index (κ1) is 15.8. The molecule has 1 aromatic heterocycles. The third-order valence-electron chi connectivity index (χ3n) is 3.32. The maximum Gasteiger partial charge on any atom is 0.573 e. The van der Waals surface area contributed by atoms with Gasteiger partial charge in [0.2, 0.25) is 0 Å². The Balaban J connectivity index is 1.87. The molecule has 24 heavy (non-hydrogen) atoms. The van der Waals surface area contributed by atoms with Crippen molar-refractivity contribution in [1.29, 1.82) is 0 Å². The predicted octanol–water partition coefficient (Wildman–Crippen LogP) is 4.25. The van der Waals surface area contributed by atoms with Gasteiger partial charge in [-0.2, -0.15) is 5.10 Å². The van der Waals surface area contributed by atoms with Gasteiger partial charge in [-0.25, -0.2) is 4.68 Å². The summed E-state index contributed by atoms with van der Waals surface area (Å²) >= 11 is 0. The lowest BCUT2D eigenvalue weighted by Gasteiger charge is -2.09. The van der Waals surface area contributed by atoms with Gasteiger partial charge in [0, 0.05) is 17.3 Å². The Bertz CT molecular complexity index is 855. The van der Waals surface area contributed by atoms with Crippen molar-refractivity contribution >= 4 is 6.29 Å². The first-order valence-electron chi connectivity index (χ1n) is 6.92. The van der Waals surface area contributed by atoms with Gasteiger partial charge < -0.3 is 4.74 Å². The van der Waals surface area contributed by atoms with Crippen molar-refractivity contribution in [2.45, 2.75) is 6.36 Å². The van der Waals surface area contributed by atoms with E-state index in [9.17, 15) is 18.0 Å². The number of ether oxygens (including phenoxy) is 1. The number of halogens is 3. The molecule has 0 bridgehead atoms. The van der Waals surface area contributed by atoms with E-state index >= 15 is 0 Å². The smallest absolute Gasteiger partial charge is 0.406 e. The average molecular weight is 332 g/mol. The number of hydrogen-bond donors (Lipinski definition) is 0. The number of carbonyl (C=O) groups is 1. The molecule has 0 aliphatic heterocycles. The maximum absolute atomic E-state index is 12.2. The molecule has 122 valence electrons. The fourth-order valence-corrected chi connectivity index (χ4v) is 2.27. The van der Waals surface area contributed by atoms with Crippen molar-refractivity contribution in [2.24, 2.45) is 0 Å². The summed E-state index contributed by atoms with van der Waals surface area (Å²) in [6.07, 6.45) is -0.681. The largest absolute Gasteiger partial charge is 0.573 e. The Hall–Kier alpha value is -3.09. The molecule has 0 spiro atoms.